The summed E-state index contributed by atoms with van der Waals surface area (Å²) in [6.45, 7) is 0.742. The van der Waals surface area contributed by atoms with E-state index in [9.17, 15) is 9.59 Å². The molecular formula is C17H17BrClNO3. The fraction of sp³-hybridized carbons (Fsp3) is 0.412. The van der Waals surface area contributed by atoms with Gasteiger partial charge in [0.05, 0.1) is 11.6 Å². The van der Waals surface area contributed by atoms with Crippen LogP contribution in [0.1, 0.15) is 40.7 Å². The van der Waals surface area contributed by atoms with Crippen LogP contribution in [0.5, 0.6) is 0 Å². The summed E-state index contributed by atoms with van der Waals surface area (Å²) in [5, 5.41) is 0.516. The minimum atomic E-state index is -0.443. The highest BCUT2D eigenvalue weighted by atomic mass is 79.9. The number of aldehydes is 1. The SMILES string of the molecule is NC(=O)c1cc(Cl)c(Br)c2c1CC1=C2CCC(COCC=O)C1. The van der Waals surface area contributed by atoms with Crippen LogP contribution in [0.4, 0.5) is 0 Å². The maximum Gasteiger partial charge on any atom is 0.249 e. The predicted molar refractivity (Wildman–Crippen MR) is 92.5 cm³/mol. The molecule has 1 atom stereocenters. The molecule has 23 heavy (non-hydrogen) atoms. The lowest BCUT2D eigenvalue weighted by atomic mass is 9.84. The second kappa shape index (κ2) is 6.75. The minimum Gasteiger partial charge on any atom is -0.374 e. The highest BCUT2D eigenvalue weighted by Gasteiger charge is 2.32. The average Bonchev–Trinajstić information content (AvgIpc) is 2.89. The molecule has 1 aromatic carbocycles. The first-order valence-corrected chi connectivity index (χ1v) is 8.73. The van der Waals surface area contributed by atoms with Crippen LogP contribution in [0.3, 0.4) is 0 Å². The number of nitrogens with two attached hydrogens (primary N) is 1. The summed E-state index contributed by atoms with van der Waals surface area (Å²) in [4.78, 5) is 22.1. The van der Waals surface area contributed by atoms with Crippen molar-refractivity contribution in [1.82, 2.24) is 0 Å². The molecule has 0 radical (unpaired) electrons. The van der Waals surface area contributed by atoms with Gasteiger partial charge in [0, 0.05) is 10.0 Å². The number of amides is 1. The second-order valence-corrected chi connectivity index (χ2v) is 7.21. The number of fused-ring (bicyclic) bond motifs is 2. The number of halogens is 2. The van der Waals surface area contributed by atoms with Crippen LogP contribution in [-0.2, 0) is 16.0 Å². The quantitative estimate of drug-likeness (QED) is 0.609. The average molecular weight is 399 g/mol. The van der Waals surface area contributed by atoms with Crippen LogP contribution in [0, 0.1) is 5.92 Å². The summed E-state index contributed by atoms with van der Waals surface area (Å²) in [5.41, 5.74) is 10.7. The Morgan fingerprint density at radius 2 is 2.30 bits per heavy atom. The third-order valence-corrected chi connectivity index (χ3v) is 5.94. The van der Waals surface area contributed by atoms with Crippen molar-refractivity contribution in [3.05, 3.63) is 37.8 Å². The Morgan fingerprint density at radius 3 is 3.00 bits per heavy atom. The Morgan fingerprint density at radius 1 is 1.52 bits per heavy atom. The van der Waals surface area contributed by atoms with Crippen molar-refractivity contribution in [1.29, 1.82) is 0 Å². The molecule has 2 aliphatic carbocycles. The van der Waals surface area contributed by atoms with Crippen molar-refractivity contribution in [3.8, 4) is 0 Å². The van der Waals surface area contributed by atoms with Gasteiger partial charge in [0.1, 0.15) is 12.9 Å². The molecule has 1 amide bonds. The maximum atomic E-state index is 11.7. The number of primary amides is 1. The number of rotatable bonds is 5. The number of hydrogen-bond acceptors (Lipinski definition) is 3. The minimum absolute atomic E-state index is 0.148. The number of carbonyl (C=O) groups is 2. The van der Waals surface area contributed by atoms with E-state index in [1.165, 1.54) is 11.1 Å². The Kier molecular flexibility index (Phi) is 4.90. The van der Waals surface area contributed by atoms with E-state index in [1.54, 1.807) is 6.07 Å². The van der Waals surface area contributed by atoms with Gasteiger partial charge in [0.2, 0.25) is 5.91 Å². The second-order valence-electron chi connectivity index (χ2n) is 6.01. The van der Waals surface area contributed by atoms with E-state index in [2.05, 4.69) is 15.9 Å². The van der Waals surface area contributed by atoms with Gasteiger partial charge in [0.25, 0.3) is 0 Å². The van der Waals surface area contributed by atoms with Gasteiger partial charge < -0.3 is 15.3 Å². The fourth-order valence-electron chi connectivity index (χ4n) is 3.60. The van der Waals surface area contributed by atoms with Gasteiger partial charge in [0.15, 0.2) is 0 Å². The molecule has 0 fully saturated rings. The lowest BCUT2D eigenvalue weighted by Gasteiger charge is -2.24. The number of allylic oxidation sites excluding steroid dienone is 2. The smallest absolute Gasteiger partial charge is 0.249 e. The van der Waals surface area contributed by atoms with Crippen molar-refractivity contribution < 1.29 is 14.3 Å². The van der Waals surface area contributed by atoms with Crippen LogP contribution in [0.15, 0.2) is 16.1 Å². The van der Waals surface area contributed by atoms with Gasteiger partial charge in [-0.15, -0.1) is 0 Å². The molecule has 3 rings (SSSR count). The number of benzene rings is 1. The summed E-state index contributed by atoms with van der Waals surface area (Å²) in [7, 11) is 0. The summed E-state index contributed by atoms with van der Waals surface area (Å²) in [6, 6.07) is 1.65. The highest BCUT2D eigenvalue weighted by Crippen LogP contribution is 2.48. The standard InChI is InChI=1S/C17H17BrClNO3/c18-16-14(19)7-13(17(20)22)12-6-10-5-9(8-23-4-3-21)1-2-11(10)15(12)16/h3,7,9H,1-2,4-6,8H2,(H2,20,22). The van der Waals surface area contributed by atoms with Crippen molar-refractivity contribution in [2.75, 3.05) is 13.2 Å². The predicted octanol–water partition coefficient (Wildman–Crippen LogP) is 3.53. The molecule has 0 spiro atoms. The van der Waals surface area contributed by atoms with Crippen LogP contribution < -0.4 is 5.73 Å². The van der Waals surface area contributed by atoms with Crippen molar-refractivity contribution >= 4 is 45.3 Å². The third-order valence-electron chi connectivity index (χ3n) is 4.59. The molecule has 2 N–H and O–H groups in total. The van der Waals surface area contributed by atoms with Gasteiger partial charge in [-0.05, 0) is 70.3 Å². The molecule has 2 aliphatic rings. The maximum absolute atomic E-state index is 11.7. The fourth-order valence-corrected chi connectivity index (χ4v) is 4.40. The first-order valence-electron chi connectivity index (χ1n) is 7.56. The molecule has 0 bridgehead atoms. The lowest BCUT2D eigenvalue weighted by Crippen LogP contribution is -2.15. The summed E-state index contributed by atoms with van der Waals surface area (Å²) >= 11 is 9.82. The first-order chi connectivity index (χ1) is 11.0. The van der Waals surface area contributed by atoms with E-state index in [0.29, 0.717) is 23.1 Å². The van der Waals surface area contributed by atoms with E-state index in [4.69, 9.17) is 22.1 Å². The molecule has 1 unspecified atom stereocenters. The Labute approximate surface area is 148 Å². The van der Waals surface area contributed by atoms with Crippen LogP contribution in [-0.4, -0.2) is 25.4 Å². The summed E-state index contributed by atoms with van der Waals surface area (Å²) in [6.07, 6.45) is 4.36. The van der Waals surface area contributed by atoms with Gasteiger partial charge >= 0.3 is 0 Å². The molecule has 0 heterocycles. The molecule has 1 aromatic rings. The molecule has 122 valence electrons. The normalized spacial score (nSPS) is 19.5. The zero-order chi connectivity index (χ0) is 16.6. The van der Waals surface area contributed by atoms with E-state index >= 15 is 0 Å². The molecule has 0 saturated heterocycles. The zero-order valence-electron chi connectivity index (χ0n) is 12.5. The topological polar surface area (TPSA) is 69.4 Å². The summed E-state index contributed by atoms with van der Waals surface area (Å²) in [5.74, 6) is -0.0318. The third kappa shape index (κ3) is 3.10. The molecule has 0 aliphatic heterocycles. The molecule has 6 heteroatoms. The number of carbonyl (C=O) groups excluding carboxylic acids is 2. The molecule has 0 aromatic heterocycles. The van der Waals surface area contributed by atoms with Gasteiger partial charge in [-0.2, -0.15) is 0 Å². The van der Waals surface area contributed by atoms with Gasteiger partial charge in [-0.1, -0.05) is 17.2 Å². The molecule has 0 saturated carbocycles. The van der Waals surface area contributed by atoms with Crippen molar-refractivity contribution in [2.24, 2.45) is 11.7 Å². The van der Waals surface area contributed by atoms with Crippen molar-refractivity contribution in [2.45, 2.75) is 25.7 Å². The van der Waals surface area contributed by atoms with E-state index < -0.39 is 5.91 Å². The Bertz CT molecular complexity index is 714. The van der Waals surface area contributed by atoms with E-state index in [-0.39, 0.29) is 6.61 Å². The first kappa shape index (κ1) is 16.7. The van der Waals surface area contributed by atoms with E-state index in [0.717, 1.165) is 47.6 Å². The van der Waals surface area contributed by atoms with Crippen LogP contribution in [0.25, 0.3) is 5.57 Å². The molecule has 4 nitrogen and oxygen atoms in total. The van der Waals surface area contributed by atoms with E-state index in [1.807, 2.05) is 0 Å². The molecular weight excluding hydrogens is 382 g/mol. The summed E-state index contributed by atoms with van der Waals surface area (Å²) < 4.78 is 6.20. The Hall–Kier alpha value is -1.17. The number of ether oxygens (including phenoxy) is 1. The van der Waals surface area contributed by atoms with Crippen LogP contribution >= 0.6 is 27.5 Å². The van der Waals surface area contributed by atoms with Crippen molar-refractivity contribution in [3.63, 3.8) is 0 Å². The highest BCUT2D eigenvalue weighted by molar-refractivity contribution is 9.10. The Balaban J connectivity index is 1.89. The monoisotopic (exact) mass is 397 g/mol. The number of hydrogen-bond donors (Lipinski definition) is 1. The lowest BCUT2D eigenvalue weighted by molar-refractivity contribution is -0.112. The van der Waals surface area contributed by atoms with Gasteiger partial charge in [-0.25, -0.2) is 0 Å². The van der Waals surface area contributed by atoms with Gasteiger partial charge in [-0.3, -0.25) is 4.79 Å². The van der Waals surface area contributed by atoms with Crippen LogP contribution in [0.2, 0.25) is 5.02 Å². The largest absolute Gasteiger partial charge is 0.374 e. The zero-order valence-corrected chi connectivity index (χ0v) is 14.9.